The molecule has 0 spiro atoms. The third-order valence-electron chi connectivity index (χ3n) is 5.22. The number of aliphatic hydroxyl groups is 1. The third-order valence-corrected chi connectivity index (χ3v) is 6.54. The Kier molecular flexibility index (Phi) is 12.0. The first-order chi connectivity index (χ1) is 15.8. The summed E-state index contributed by atoms with van der Waals surface area (Å²) in [4.78, 5) is 0. The van der Waals surface area contributed by atoms with Gasteiger partial charge in [-0.2, -0.15) is 0 Å². The van der Waals surface area contributed by atoms with Crippen molar-refractivity contribution in [1.29, 1.82) is 0 Å². The molecule has 0 radical (unpaired) electrons. The predicted octanol–water partition coefficient (Wildman–Crippen LogP) is 8.00. The molecular formula is C26H40F2N2O2S. The van der Waals surface area contributed by atoms with E-state index in [0.29, 0.717) is 17.0 Å². The van der Waals surface area contributed by atoms with Crippen LogP contribution in [-0.2, 0) is 0 Å². The van der Waals surface area contributed by atoms with Crippen molar-refractivity contribution in [3.05, 3.63) is 47.0 Å². The van der Waals surface area contributed by atoms with Crippen molar-refractivity contribution < 1.29 is 18.6 Å². The van der Waals surface area contributed by atoms with Crippen LogP contribution in [-0.4, -0.2) is 23.6 Å². The quantitative estimate of drug-likeness (QED) is 0.316. The average Bonchev–Trinajstić information content (AvgIpc) is 3.59. The van der Waals surface area contributed by atoms with Crippen molar-refractivity contribution in [2.24, 2.45) is 5.92 Å². The molecule has 0 aliphatic heterocycles. The highest BCUT2D eigenvalue weighted by Gasteiger charge is 2.45. The minimum absolute atomic E-state index is 0.0148. The summed E-state index contributed by atoms with van der Waals surface area (Å²) in [6, 6.07) is 6.41. The van der Waals surface area contributed by atoms with Gasteiger partial charge >= 0.3 is 0 Å². The number of hydrogen-bond donors (Lipinski definition) is 3. The van der Waals surface area contributed by atoms with Gasteiger partial charge in [-0.3, -0.25) is 0 Å². The minimum Gasteiger partial charge on any atom is -0.494 e. The molecule has 1 aliphatic carbocycles. The van der Waals surface area contributed by atoms with Gasteiger partial charge in [0.25, 0.3) is 0 Å². The second-order valence-corrected chi connectivity index (χ2v) is 9.22. The second-order valence-electron chi connectivity index (χ2n) is 7.95. The van der Waals surface area contributed by atoms with Gasteiger partial charge in [-0.25, -0.2) is 8.78 Å². The lowest BCUT2D eigenvalue weighted by atomic mass is 10.1. The molecule has 0 aromatic heterocycles. The summed E-state index contributed by atoms with van der Waals surface area (Å²) in [6.45, 7) is 13.6. The molecule has 0 heterocycles. The van der Waals surface area contributed by atoms with E-state index in [0.717, 1.165) is 24.8 Å². The fourth-order valence-corrected chi connectivity index (χ4v) is 4.54. The molecule has 0 bridgehead atoms. The number of hydrogen-bond acceptors (Lipinski definition) is 5. The third kappa shape index (κ3) is 7.78. The van der Waals surface area contributed by atoms with E-state index in [4.69, 9.17) is 4.74 Å². The van der Waals surface area contributed by atoms with E-state index in [1.54, 1.807) is 32.0 Å². The summed E-state index contributed by atoms with van der Waals surface area (Å²) >= 11 is 1.52. The van der Waals surface area contributed by atoms with E-state index in [2.05, 4.69) is 10.0 Å². The molecule has 2 aromatic rings. The van der Waals surface area contributed by atoms with Crippen LogP contribution in [0.2, 0.25) is 0 Å². The molecule has 0 amide bonds. The number of nitrogens with one attached hydrogen (secondary N) is 2. The molecule has 3 rings (SSSR count). The van der Waals surface area contributed by atoms with Crippen LogP contribution >= 0.6 is 11.9 Å². The van der Waals surface area contributed by atoms with E-state index in [-0.39, 0.29) is 28.6 Å². The van der Waals surface area contributed by atoms with Crippen molar-refractivity contribution in [1.82, 2.24) is 0 Å². The van der Waals surface area contributed by atoms with Gasteiger partial charge in [0.15, 0.2) is 5.82 Å². The van der Waals surface area contributed by atoms with Crippen molar-refractivity contribution >= 4 is 29.0 Å². The Morgan fingerprint density at radius 1 is 1.09 bits per heavy atom. The normalized spacial score (nSPS) is 14.2. The maximum absolute atomic E-state index is 15.1. The highest BCUT2D eigenvalue weighted by Crippen LogP contribution is 2.54. The van der Waals surface area contributed by atoms with Crippen LogP contribution in [0.25, 0.3) is 0 Å². The largest absolute Gasteiger partial charge is 0.494 e. The van der Waals surface area contributed by atoms with E-state index in [1.165, 1.54) is 25.1 Å². The first kappa shape index (κ1) is 29.0. The van der Waals surface area contributed by atoms with Crippen LogP contribution in [0.3, 0.4) is 0 Å². The Labute approximate surface area is 202 Å². The smallest absolute Gasteiger partial charge is 0.151 e. The zero-order chi connectivity index (χ0) is 25.2. The number of benzene rings is 2. The van der Waals surface area contributed by atoms with Gasteiger partial charge in [0.1, 0.15) is 22.9 Å². The van der Waals surface area contributed by atoms with Gasteiger partial charge in [0.05, 0.1) is 12.8 Å². The molecule has 33 heavy (non-hydrogen) atoms. The number of aliphatic hydroxyl groups excluding tert-OH is 1. The lowest BCUT2D eigenvalue weighted by Gasteiger charge is -2.23. The average molecular weight is 483 g/mol. The van der Waals surface area contributed by atoms with Crippen LogP contribution in [0.1, 0.15) is 65.0 Å². The van der Waals surface area contributed by atoms with Crippen LogP contribution in [0.15, 0.2) is 24.3 Å². The van der Waals surface area contributed by atoms with Gasteiger partial charge in [-0.1, -0.05) is 40.7 Å². The zero-order valence-corrected chi connectivity index (χ0v) is 22.1. The van der Waals surface area contributed by atoms with Crippen LogP contribution < -0.4 is 14.8 Å². The molecule has 1 atom stereocenters. The van der Waals surface area contributed by atoms with E-state index >= 15 is 4.39 Å². The highest BCUT2D eigenvalue weighted by atomic mass is 32.2. The minimum atomic E-state index is -0.456. The fraction of sp³-hybridized carbons (Fsp3) is 0.538. The lowest BCUT2D eigenvalue weighted by Crippen LogP contribution is -2.15. The number of methoxy groups -OCH3 is 1. The van der Waals surface area contributed by atoms with Gasteiger partial charge < -0.3 is 19.9 Å². The van der Waals surface area contributed by atoms with Gasteiger partial charge in [0.2, 0.25) is 0 Å². The number of ether oxygens (including phenoxy) is 1. The monoisotopic (exact) mass is 482 g/mol. The van der Waals surface area contributed by atoms with Crippen LogP contribution in [0.4, 0.5) is 25.8 Å². The molecule has 1 fully saturated rings. The maximum Gasteiger partial charge on any atom is 0.151 e. The number of halogens is 2. The standard InChI is InChI=1S/C22H28F2N2O2S.2C2H6/c1-13-5-6-17(16(23)9-13)25-21-19(24)15(3)10-18(28-4)20(21)26-29-22(7-8-22)11-14(2)12-27;2*1-2/h5-6,9-10,14,25-27H,7-8,11-12H2,1-4H3;2*1-2H3. The van der Waals surface area contributed by atoms with Crippen LogP contribution in [0.5, 0.6) is 5.75 Å². The highest BCUT2D eigenvalue weighted by molar-refractivity contribution is 8.02. The fourth-order valence-electron chi connectivity index (χ4n) is 3.34. The van der Waals surface area contributed by atoms with Crippen molar-refractivity contribution in [3.63, 3.8) is 0 Å². The van der Waals surface area contributed by atoms with Crippen molar-refractivity contribution in [2.45, 2.75) is 72.5 Å². The molecule has 7 heteroatoms. The van der Waals surface area contributed by atoms with Gasteiger partial charge in [-0.15, -0.1) is 0 Å². The Bertz CT molecular complexity index is 889. The summed E-state index contributed by atoms with van der Waals surface area (Å²) < 4.78 is 38.2. The van der Waals surface area contributed by atoms with Crippen molar-refractivity contribution in [2.75, 3.05) is 23.8 Å². The topological polar surface area (TPSA) is 53.5 Å². The summed E-state index contributed by atoms with van der Waals surface area (Å²) in [5.74, 6) is -0.221. The SMILES string of the molecule is CC.CC.COc1cc(C)c(F)c(Nc2ccc(C)cc2F)c1NSC1(CC(C)CO)CC1. The lowest BCUT2D eigenvalue weighted by molar-refractivity contribution is 0.228. The molecule has 1 unspecified atom stereocenters. The van der Waals surface area contributed by atoms with E-state index < -0.39 is 11.6 Å². The summed E-state index contributed by atoms with van der Waals surface area (Å²) in [7, 11) is 1.53. The number of aryl methyl sites for hydroxylation is 2. The molecule has 186 valence electrons. The summed E-state index contributed by atoms with van der Waals surface area (Å²) in [6.07, 6.45) is 2.93. The van der Waals surface area contributed by atoms with Crippen LogP contribution in [0, 0.1) is 31.4 Å². The Balaban J connectivity index is 0.00000129. The molecule has 1 saturated carbocycles. The first-order valence-electron chi connectivity index (χ1n) is 11.7. The Hall–Kier alpha value is -1.99. The van der Waals surface area contributed by atoms with Gasteiger partial charge in [-0.05, 0) is 80.3 Å². The molecule has 2 aromatic carbocycles. The number of rotatable bonds is 9. The Morgan fingerprint density at radius 2 is 1.73 bits per heavy atom. The van der Waals surface area contributed by atoms with Crippen molar-refractivity contribution in [3.8, 4) is 5.75 Å². The van der Waals surface area contributed by atoms with Gasteiger partial charge in [0, 0.05) is 11.4 Å². The maximum atomic E-state index is 15.1. The zero-order valence-electron chi connectivity index (χ0n) is 21.2. The molecule has 4 nitrogen and oxygen atoms in total. The molecule has 3 N–H and O–H groups in total. The predicted molar refractivity (Wildman–Crippen MR) is 139 cm³/mol. The molecule has 0 saturated heterocycles. The second kappa shape index (κ2) is 13.7. The first-order valence-corrected chi connectivity index (χ1v) is 12.6. The Morgan fingerprint density at radius 3 is 2.24 bits per heavy atom. The summed E-state index contributed by atoms with van der Waals surface area (Å²) in [5.41, 5.74) is 2.00. The van der Waals surface area contributed by atoms with E-state index in [9.17, 15) is 9.50 Å². The molecular weight excluding hydrogens is 442 g/mol. The number of anilines is 3. The summed E-state index contributed by atoms with van der Waals surface area (Å²) in [5, 5.41) is 12.3. The molecule has 1 aliphatic rings. The van der Waals surface area contributed by atoms with E-state index in [1.807, 2.05) is 34.6 Å².